The van der Waals surface area contributed by atoms with E-state index in [0.29, 0.717) is 17.1 Å². The van der Waals surface area contributed by atoms with E-state index in [-0.39, 0.29) is 5.78 Å². The molecule has 0 fully saturated rings. The molecular formula is C17H16O3. The third kappa shape index (κ3) is 1.63. The second-order valence-corrected chi connectivity index (χ2v) is 5.09. The minimum atomic E-state index is 0.0407. The van der Waals surface area contributed by atoms with Crippen molar-refractivity contribution in [3.05, 3.63) is 46.5 Å². The highest BCUT2D eigenvalue weighted by Gasteiger charge is 2.32. The number of rotatable bonds is 2. The summed E-state index contributed by atoms with van der Waals surface area (Å²) >= 11 is 0. The first-order valence-electron chi connectivity index (χ1n) is 6.49. The molecule has 0 unspecified atom stereocenters. The number of fused-ring (bicyclic) bond motifs is 3. The Kier molecular flexibility index (Phi) is 2.78. The van der Waals surface area contributed by atoms with Crippen LogP contribution in [0.4, 0.5) is 0 Å². The Balaban J connectivity index is 2.39. The fourth-order valence-electron chi connectivity index (χ4n) is 2.93. The summed E-state index contributed by atoms with van der Waals surface area (Å²) in [5, 5.41) is 0. The van der Waals surface area contributed by atoms with Crippen molar-refractivity contribution < 1.29 is 14.3 Å². The molecule has 0 N–H and O–H groups in total. The van der Waals surface area contributed by atoms with Crippen molar-refractivity contribution in [2.45, 2.75) is 13.8 Å². The Bertz CT molecular complexity index is 730. The van der Waals surface area contributed by atoms with E-state index in [1.807, 2.05) is 26.0 Å². The van der Waals surface area contributed by atoms with Gasteiger partial charge in [0.1, 0.15) is 11.5 Å². The Hall–Kier alpha value is -2.29. The summed E-state index contributed by atoms with van der Waals surface area (Å²) in [4.78, 5) is 12.6. The molecule has 0 saturated heterocycles. The molecule has 0 aromatic heterocycles. The van der Waals surface area contributed by atoms with Gasteiger partial charge in [-0.05, 0) is 31.5 Å². The Morgan fingerprint density at radius 1 is 0.850 bits per heavy atom. The SMILES string of the molecule is COc1cc(OC)c2c(c1)C(=O)c1cc(C)cc(C)c1-2. The maximum absolute atomic E-state index is 12.6. The average Bonchev–Trinajstić information content (AvgIpc) is 2.71. The van der Waals surface area contributed by atoms with Gasteiger partial charge < -0.3 is 9.47 Å². The van der Waals surface area contributed by atoms with Crippen LogP contribution in [-0.2, 0) is 0 Å². The van der Waals surface area contributed by atoms with Gasteiger partial charge in [-0.1, -0.05) is 11.6 Å². The molecule has 3 heteroatoms. The molecule has 2 aromatic carbocycles. The fraction of sp³-hybridized carbons (Fsp3) is 0.235. The lowest BCUT2D eigenvalue weighted by atomic mass is 9.97. The van der Waals surface area contributed by atoms with E-state index in [0.717, 1.165) is 27.8 Å². The molecule has 2 aromatic rings. The van der Waals surface area contributed by atoms with Gasteiger partial charge in [-0.3, -0.25) is 4.79 Å². The van der Waals surface area contributed by atoms with Crippen LogP contribution in [0.5, 0.6) is 11.5 Å². The molecule has 0 aliphatic heterocycles. The molecular weight excluding hydrogens is 252 g/mol. The topological polar surface area (TPSA) is 35.5 Å². The molecule has 3 nitrogen and oxygen atoms in total. The second kappa shape index (κ2) is 4.37. The maximum Gasteiger partial charge on any atom is 0.194 e. The molecule has 102 valence electrons. The number of carbonyl (C=O) groups excluding carboxylic acids is 1. The van der Waals surface area contributed by atoms with Crippen molar-refractivity contribution in [3.8, 4) is 22.6 Å². The van der Waals surface area contributed by atoms with Gasteiger partial charge in [-0.25, -0.2) is 0 Å². The zero-order valence-electron chi connectivity index (χ0n) is 12.0. The highest BCUT2D eigenvalue weighted by molar-refractivity contribution is 6.23. The number of hydrogen-bond acceptors (Lipinski definition) is 3. The summed E-state index contributed by atoms with van der Waals surface area (Å²) in [6.45, 7) is 4.03. The van der Waals surface area contributed by atoms with Crippen LogP contribution in [0.15, 0.2) is 24.3 Å². The smallest absolute Gasteiger partial charge is 0.194 e. The number of hydrogen-bond donors (Lipinski definition) is 0. The monoisotopic (exact) mass is 268 g/mol. The summed E-state index contributed by atoms with van der Waals surface area (Å²) in [6, 6.07) is 7.64. The molecule has 0 heterocycles. The number of ether oxygens (including phenoxy) is 2. The third-order valence-corrected chi connectivity index (χ3v) is 3.75. The lowest BCUT2D eigenvalue weighted by molar-refractivity contribution is 0.104. The average molecular weight is 268 g/mol. The zero-order valence-corrected chi connectivity index (χ0v) is 12.0. The molecule has 0 amide bonds. The Labute approximate surface area is 118 Å². The zero-order chi connectivity index (χ0) is 14.4. The summed E-state index contributed by atoms with van der Waals surface area (Å²) in [6.07, 6.45) is 0. The van der Waals surface area contributed by atoms with Gasteiger partial charge in [0, 0.05) is 28.3 Å². The molecule has 1 aliphatic rings. The van der Waals surface area contributed by atoms with E-state index >= 15 is 0 Å². The predicted molar refractivity (Wildman–Crippen MR) is 77.9 cm³/mol. The Morgan fingerprint density at radius 2 is 1.55 bits per heavy atom. The molecule has 0 spiro atoms. The number of carbonyl (C=O) groups is 1. The predicted octanol–water partition coefficient (Wildman–Crippen LogP) is 3.53. The summed E-state index contributed by atoms with van der Waals surface area (Å²) < 4.78 is 10.7. The maximum atomic E-state index is 12.6. The van der Waals surface area contributed by atoms with Gasteiger partial charge in [-0.15, -0.1) is 0 Å². The van der Waals surface area contributed by atoms with E-state index in [1.165, 1.54) is 0 Å². The van der Waals surface area contributed by atoms with Gasteiger partial charge in [0.25, 0.3) is 0 Å². The van der Waals surface area contributed by atoms with Gasteiger partial charge in [0.15, 0.2) is 5.78 Å². The van der Waals surface area contributed by atoms with E-state index in [2.05, 4.69) is 6.07 Å². The van der Waals surface area contributed by atoms with E-state index in [4.69, 9.17) is 9.47 Å². The standard InChI is InChI=1S/C17H16O3/c1-9-5-10(2)15-12(6-9)17(18)13-7-11(19-3)8-14(20-4)16(13)15/h5-8H,1-4H3. The minimum absolute atomic E-state index is 0.0407. The summed E-state index contributed by atoms with van der Waals surface area (Å²) in [7, 11) is 3.20. The number of ketones is 1. The molecule has 0 atom stereocenters. The first kappa shape index (κ1) is 12.7. The Morgan fingerprint density at radius 3 is 2.20 bits per heavy atom. The highest BCUT2D eigenvalue weighted by Crippen LogP contribution is 2.46. The third-order valence-electron chi connectivity index (χ3n) is 3.75. The molecule has 0 bridgehead atoms. The van der Waals surface area contributed by atoms with Crippen LogP contribution < -0.4 is 9.47 Å². The highest BCUT2D eigenvalue weighted by atomic mass is 16.5. The van der Waals surface area contributed by atoms with Gasteiger partial charge >= 0.3 is 0 Å². The van der Waals surface area contributed by atoms with Crippen LogP contribution in [0.3, 0.4) is 0 Å². The quantitative estimate of drug-likeness (QED) is 0.713. The number of aryl methyl sites for hydroxylation is 2. The largest absolute Gasteiger partial charge is 0.497 e. The summed E-state index contributed by atoms with van der Waals surface area (Å²) in [5.41, 5.74) is 5.46. The van der Waals surface area contributed by atoms with Crippen molar-refractivity contribution >= 4 is 5.78 Å². The van der Waals surface area contributed by atoms with E-state index < -0.39 is 0 Å². The van der Waals surface area contributed by atoms with Crippen molar-refractivity contribution in [1.29, 1.82) is 0 Å². The first-order chi connectivity index (χ1) is 9.56. The van der Waals surface area contributed by atoms with Crippen molar-refractivity contribution in [2.24, 2.45) is 0 Å². The lowest BCUT2D eigenvalue weighted by Gasteiger charge is -2.12. The lowest BCUT2D eigenvalue weighted by Crippen LogP contribution is -1.97. The molecule has 1 aliphatic carbocycles. The van der Waals surface area contributed by atoms with E-state index in [9.17, 15) is 4.79 Å². The van der Waals surface area contributed by atoms with Gasteiger partial charge in [0.05, 0.1) is 14.2 Å². The molecule has 20 heavy (non-hydrogen) atoms. The van der Waals surface area contributed by atoms with Crippen molar-refractivity contribution in [2.75, 3.05) is 14.2 Å². The van der Waals surface area contributed by atoms with Crippen LogP contribution in [0.25, 0.3) is 11.1 Å². The molecule has 0 saturated carbocycles. The number of methoxy groups -OCH3 is 2. The van der Waals surface area contributed by atoms with Crippen molar-refractivity contribution in [3.63, 3.8) is 0 Å². The fourth-order valence-corrected chi connectivity index (χ4v) is 2.93. The van der Waals surface area contributed by atoms with Crippen LogP contribution >= 0.6 is 0 Å². The van der Waals surface area contributed by atoms with Crippen LogP contribution in [-0.4, -0.2) is 20.0 Å². The van der Waals surface area contributed by atoms with Gasteiger partial charge in [0.2, 0.25) is 0 Å². The van der Waals surface area contributed by atoms with Crippen molar-refractivity contribution in [1.82, 2.24) is 0 Å². The second-order valence-electron chi connectivity index (χ2n) is 5.09. The van der Waals surface area contributed by atoms with Crippen LogP contribution in [0, 0.1) is 13.8 Å². The minimum Gasteiger partial charge on any atom is -0.497 e. The van der Waals surface area contributed by atoms with Gasteiger partial charge in [-0.2, -0.15) is 0 Å². The normalized spacial score (nSPS) is 12.1. The number of benzene rings is 2. The van der Waals surface area contributed by atoms with E-state index in [1.54, 1.807) is 20.3 Å². The summed E-state index contributed by atoms with van der Waals surface area (Å²) in [5.74, 6) is 1.36. The first-order valence-corrected chi connectivity index (χ1v) is 6.49. The van der Waals surface area contributed by atoms with Crippen LogP contribution in [0.2, 0.25) is 0 Å². The molecule has 3 rings (SSSR count). The molecule has 0 radical (unpaired) electrons. The van der Waals surface area contributed by atoms with Crippen LogP contribution in [0.1, 0.15) is 27.0 Å².